The van der Waals surface area contributed by atoms with Crippen LogP contribution in [0.3, 0.4) is 0 Å². The van der Waals surface area contributed by atoms with Crippen LogP contribution in [-0.2, 0) is 16.9 Å². The molecule has 0 spiro atoms. The van der Waals surface area contributed by atoms with Crippen molar-refractivity contribution >= 4 is 6.09 Å². The molecule has 2 bridgehead atoms. The molecule has 1 aromatic heterocycles. The zero-order valence-electron chi connectivity index (χ0n) is 15.1. The van der Waals surface area contributed by atoms with Crippen LogP contribution < -0.4 is 0 Å². The number of aromatic nitrogens is 1. The SMILES string of the molecule is O=C(OCc1ccccc1)N1C2CCCC1CC(O)(c1ccncc1F)C2. The van der Waals surface area contributed by atoms with Crippen molar-refractivity contribution in [3.05, 3.63) is 65.7 Å². The maximum absolute atomic E-state index is 14.2. The van der Waals surface area contributed by atoms with Gasteiger partial charge >= 0.3 is 6.09 Å². The second-order valence-corrected chi connectivity index (χ2v) is 7.48. The highest BCUT2D eigenvalue weighted by atomic mass is 19.1. The summed E-state index contributed by atoms with van der Waals surface area (Å²) in [4.78, 5) is 18.3. The van der Waals surface area contributed by atoms with Crippen LogP contribution in [-0.4, -0.2) is 33.2 Å². The van der Waals surface area contributed by atoms with E-state index in [2.05, 4.69) is 4.98 Å². The molecule has 142 valence electrons. The Kier molecular flexibility index (Phi) is 4.83. The Balaban J connectivity index is 1.50. The van der Waals surface area contributed by atoms with Crippen molar-refractivity contribution in [1.82, 2.24) is 9.88 Å². The highest BCUT2D eigenvalue weighted by Gasteiger charge is 2.49. The van der Waals surface area contributed by atoms with Gasteiger partial charge in [0.15, 0.2) is 0 Å². The van der Waals surface area contributed by atoms with Crippen LogP contribution in [0.2, 0.25) is 0 Å². The minimum atomic E-state index is -1.28. The zero-order chi connectivity index (χ0) is 18.9. The first-order valence-corrected chi connectivity index (χ1v) is 9.38. The summed E-state index contributed by atoms with van der Waals surface area (Å²) < 4.78 is 19.8. The molecule has 0 aliphatic carbocycles. The van der Waals surface area contributed by atoms with E-state index in [1.54, 1.807) is 4.90 Å². The van der Waals surface area contributed by atoms with Crippen LogP contribution in [0, 0.1) is 5.82 Å². The number of piperidine rings is 2. The monoisotopic (exact) mass is 370 g/mol. The van der Waals surface area contributed by atoms with Crippen molar-refractivity contribution < 1.29 is 19.0 Å². The number of pyridine rings is 1. The van der Waals surface area contributed by atoms with Gasteiger partial charge < -0.3 is 14.7 Å². The van der Waals surface area contributed by atoms with E-state index >= 15 is 0 Å². The number of ether oxygens (including phenoxy) is 1. The van der Waals surface area contributed by atoms with Crippen molar-refractivity contribution in [3.8, 4) is 0 Å². The van der Waals surface area contributed by atoms with Gasteiger partial charge in [-0.1, -0.05) is 30.3 Å². The number of hydrogen-bond acceptors (Lipinski definition) is 4. The summed E-state index contributed by atoms with van der Waals surface area (Å²) in [7, 11) is 0. The molecule has 2 aromatic rings. The Morgan fingerprint density at radius 3 is 2.59 bits per heavy atom. The molecule has 1 amide bonds. The van der Waals surface area contributed by atoms with Crippen molar-refractivity contribution in [3.63, 3.8) is 0 Å². The summed E-state index contributed by atoms with van der Waals surface area (Å²) in [6, 6.07) is 10.8. The number of amides is 1. The molecule has 27 heavy (non-hydrogen) atoms. The zero-order valence-corrected chi connectivity index (χ0v) is 15.1. The fraction of sp³-hybridized carbons (Fsp3) is 0.429. The van der Waals surface area contributed by atoms with E-state index in [0.29, 0.717) is 12.8 Å². The number of carbonyl (C=O) groups excluding carboxylic acids is 1. The van der Waals surface area contributed by atoms with E-state index in [-0.39, 0.29) is 30.3 Å². The number of carbonyl (C=O) groups is 1. The Morgan fingerprint density at radius 1 is 1.22 bits per heavy atom. The van der Waals surface area contributed by atoms with Gasteiger partial charge in [-0.3, -0.25) is 4.98 Å². The molecule has 2 aliphatic rings. The largest absolute Gasteiger partial charge is 0.445 e. The lowest BCUT2D eigenvalue weighted by Gasteiger charge is -2.51. The molecule has 4 rings (SSSR count). The lowest BCUT2D eigenvalue weighted by atomic mass is 9.73. The Labute approximate surface area is 157 Å². The van der Waals surface area contributed by atoms with Crippen molar-refractivity contribution in [1.29, 1.82) is 0 Å². The maximum atomic E-state index is 14.2. The lowest BCUT2D eigenvalue weighted by Crippen LogP contribution is -2.59. The molecule has 2 atom stereocenters. The van der Waals surface area contributed by atoms with Gasteiger partial charge in [0.25, 0.3) is 0 Å². The molecule has 1 N–H and O–H groups in total. The number of aliphatic hydroxyl groups is 1. The molecule has 2 aliphatic heterocycles. The second kappa shape index (κ2) is 7.27. The summed E-state index contributed by atoms with van der Waals surface area (Å²) in [6.45, 7) is 0.221. The van der Waals surface area contributed by atoms with Gasteiger partial charge in [0.05, 0.1) is 11.8 Å². The molecule has 6 heteroatoms. The Hall–Kier alpha value is -2.47. The Bertz CT molecular complexity index is 800. The van der Waals surface area contributed by atoms with Crippen molar-refractivity contribution in [2.45, 2.75) is 56.4 Å². The first kappa shape index (κ1) is 17.9. The van der Waals surface area contributed by atoms with Gasteiger partial charge in [-0.15, -0.1) is 0 Å². The fourth-order valence-corrected chi connectivity index (χ4v) is 4.49. The highest BCUT2D eigenvalue weighted by Crippen LogP contribution is 2.45. The van der Waals surface area contributed by atoms with Gasteiger partial charge in [0, 0.05) is 36.7 Å². The third-order valence-corrected chi connectivity index (χ3v) is 5.70. The number of benzene rings is 1. The lowest BCUT2D eigenvalue weighted by molar-refractivity contribution is -0.0912. The van der Waals surface area contributed by atoms with Gasteiger partial charge in [-0.25, -0.2) is 9.18 Å². The minimum Gasteiger partial charge on any atom is -0.445 e. The smallest absolute Gasteiger partial charge is 0.410 e. The van der Waals surface area contributed by atoms with Gasteiger partial charge in [0.2, 0.25) is 0 Å². The predicted molar refractivity (Wildman–Crippen MR) is 97.2 cm³/mol. The molecule has 0 radical (unpaired) electrons. The molecule has 1 aromatic carbocycles. The number of nitrogens with zero attached hydrogens (tertiary/aromatic N) is 2. The van der Waals surface area contributed by atoms with Gasteiger partial charge in [-0.2, -0.15) is 0 Å². The average molecular weight is 370 g/mol. The maximum Gasteiger partial charge on any atom is 0.410 e. The molecular weight excluding hydrogens is 347 g/mol. The highest BCUT2D eigenvalue weighted by molar-refractivity contribution is 5.69. The first-order chi connectivity index (χ1) is 13.1. The van der Waals surface area contributed by atoms with Crippen LogP contribution >= 0.6 is 0 Å². The number of hydrogen-bond donors (Lipinski definition) is 1. The summed E-state index contributed by atoms with van der Waals surface area (Å²) in [6.07, 6.45) is 5.45. The first-order valence-electron chi connectivity index (χ1n) is 9.38. The normalized spacial score (nSPS) is 27.3. The molecule has 2 unspecified atom stereocenters. The van der Waals surface area contributed by atoms with Crippen LogP contribution in [0.1, 0.15) is 43.2 Å². The number of halogens is 1. The van der Waals surface area contributed by atoms with Gasteiger partial charge in [-0.05, 0) is 30.9 Å². The third kappa shape index (κ3) is 3.54. The van der Waals surface area contributed by atoms with Gasteiger partial charge in [0.1, 0.15) is 12.4 Å². The molecule has 2 fully saturated rings. The topological polar surface area (TPSA) is 62.7 Å². The molecule has 3 heterocycles. The van der Waals surface area contributed by atoms with Crippen molar-refractivity contribution in [2.24, 2.45) is 0 Å². The molecule has 2 saturated heterocycles. The quantitative estimate of drug-likeness (QED) is 0.894. The van der Waals surface area contributed by atoms with E-state index in [4.69, 9.17) is 4.74 Å². The number of rotatable bonds is 3. The Morgan fingerprint density at radius 2 is 1.93 bits per heavy atom. The van der Waals surface area contributed by atoms with E-state index < -0.39 is 11.4 Å². The van der Waals surface area contributed by atoms with Crippen LogP contribution in [0.4, 0.5) is 9.18 Å². The third-order valence-electron chi connectivity index (χ3n) is 5.70. The molecule has 5 nitrogen and oxygen atoms in total. The fourth-order valence-electron chi connectivity index (χ4n) is 4.49. The molecule has 0 saturated carbocycles. The van der Waals surface area contributed by atoms with E-state index in [9.17, 15) is 14.3 Å². The van der Waals surface area contributed by atoms with Crippen LogP contribution in [0.25, 0.3) is 0 Å². The average Bonchev–Trinajstić information content (AvgIpc) is 2.66. The standard InChI is InChI=1S/C21H23FN2O3/c22-19-13-23-10-9-18(19)21(26)11-16-7-4-8-17(12-21)24(16)20(25)27-14-15-5-2-1-3-6-15/h1-3,5-6,9-10,13,16-17,26H,4,7-8,11-12,14H2. The molecular formula is C21H23FN2O3. The minimum absolute atomic E-state index is 0.154. The predicted octanol–water partition coefficient (Wildman–Crippen LogP) is 3.76. The summed E-state index contributed by atoms with van der Waals surface area (Å²) in [5.41, 5.74) is -0.0750. The van der Waals surface area contributed by atoms with Crippen molar-refractivity contribution in [2.75, 3.05) is 0 Å². The summed E-state index contributed by atoms with van der Waals surface area (Å²) in [5, 5.41) is 11.2. The summed E-state index contributed by atoms with van der Waals surface area (Å²) >= 11 is 0. The van der Waals surface area contributed by atoms with E-state index in [1.807, 2.05) is 30.3 Å². The van der Waals surface area contributed by atoms with Crippen LogP contribution in [0.5, 0.6) is 0 Å². The van der Waals surface area contributed by atoms with Crippen LogP contribution in [0.15, 0.2) is 48.8 Å². The van der Waals surface area contributed by atoms with E-state index in [1.165, 1.54) is 12.3 Å². The van der Waals surface area contributed by atoms with E-state index in [0.717, 1.165) is 31.0 Å². The summed E-state index contributed by atoms with van der Waals surface area (Å²) in [5.74, 6) is -0.502. The second-order valence-electron chi connectivity index (χ2n) is 7.48. The number of fused-ring (bicyclic) bond motifs is 2.